The molecule has 0 aliphatic heterocycles. The van der Waals surface area contributed by atoms with E-state index in [0.717, 1.165) is 0 Å². The molecule has 1 aromatic carbocycles. The molecule has 0 spiro atoms. The fraction of sp³-hybridized carbons (Fsp3) is 0.167. The highest BCUT2D eigenvalue weighted by Gasteiger charge is 2.09. The van der Waals surface area contributed by atoms with E-state index in [0.29, 0.717) is 5.69 Å². The number of hydrogen-bond donors (Lipinski definition) is 2. The second kappa shape index (κ2) is 6.18. The predicted octanol–water partition coefficient (Wildman–Crippen LogP) is 1.77. The Kier molecular flexibility index (Phi) is 4.58. The van der Waals surface area contributed by atoms with E-state index in [1.54, 1.807) is 31.2 Å². The van der Waals surface area contributed by atoms with Crippen molar-refractivity contribution in [1.82, 2.24) is 0 Å². The molecule has 88 valence electrons. The molecule has 0 atom stereocenters. The zero-order valence-electron chi connectivity index (χ0n) is 9.30. The lowest BCUT2D eigenvalue weighted by Crippen LogP contribution is -2.07. The second-order valence-electron chi connectivity index (χ2n) is 3.05. The van der Waals surface area contributed by atoms with Gasteiger partial charge in [-0.25, -0.2) is 4.79 Å². The van der Waals surface area contributed by atoms with Gasteiger partial charge in [0.25, 0.3) is 0 Å². The van der Waals surface area contributed by atoms with Crippen LogP contribution in [0.1, 0.15) is 6.92 Å². The molecule has 0 saturated carbocycles. The molecule has 5 nitrogen and oxygen atoms in total. The molecule has 0 unspecified atom stereocenters. The number of aromatic hydroxyl groups is 1. The molecular formula is C12H12N2O3. The molecule has 0 amide bonds. The smallest absolute Gasteiger partial charge is 0.350 e. The first-order chi connectivity index (χ1) is 8.19. The molecule has 0 radical (unpaired) electrons. The van der Waals surface area contributed by atoms with Crippen molar-refractivity contribution in [1.29, 1.82) is 5.26 Å². The number of nitrogens with zero attached hydrogens (tertiary/aromatic N) is 1. The largest absolute Gasteiger partial charge is 0.506 e. The number of carbonyl (C=O) groups is 1. The summed E-state index contributed by atoms with van der Waals surface area (Å²) in [4.78, 5) is 11.3. The van der Waals surface area contributed by atoms with E-state index in [9.17, 15) is 9.90 Å². The summed E-state index contributed by atoms with van der Waals surface area (Å²) in [6.07, 6.45) is 1.20. The Bertz CT molecular complexity index is 475. The van der Waals surface area contributed by atoms with Gasteiger partial charge in [-0.15, -0.1) is 0 Å². The third-order valence-electron chi connectivity index (χ3n) is 1.89. The van der Waals surface area contributed by atoms with Crippen molar-refractivity contribution in [2.45, 2.75) is 6.92 Å². The number of nitrogens with one attached hydrogen (secondary N) is 1. The van der Waals surface area contributed by atoms with Crippen LogP contribution in [-0.2, 0) is 9.53 Å². The van der Waals surface area contributed by atoms with Gasteiger partial charge >= 0.3 is 5.97 Å². The summed E-state index contributed by atoms with van der Waals surface area (Å²) in [5, 5.41) is 20.9. The number of para-hydroxylation sites is 2. The highest BCUT2D eigenvalue weighted by atomic mass is 16.5. The lowest BCUT2D eigenvalue weighted by Gasteiger charge is -2.04. The lowest BCUT2D eigenvalue weighted by molar-refractivity contribution is -0.138. The molecule has 1 aromatic rings. The van der Waals surface area contributed by atoms with E-state index >= 15 is 0 Å². The Morgan fingerprint density at radius 2 is 2.29 bits per heavy atom. The summed E-state index contributed by atoms with van der Waals surface area (Å²) in [5.74, 6) is -0.664. The van der Waals surface area contributed by atoms with Crippen LogP contribution < -0.4 is 5.32 Å². The maximum atomic E-state index is 11.3. The van der Waals surface area contributed by atoms with Gasteiger partial charge in [0.05, 0.1) is 12.3 Å². The summed E-state index contributed by atoms with van der Waals surface area (Å²) in [6.45, 7) is 1.86. The molecule has 0 saturated heterocycles. The number of phenolic OH excluding ortho intramolecular Hbond substituents is 1. The zero-order chi connectivity index (χ0) is 12.7. The number of benzene rings is 1. The first kappa shape index (κ1) is 12.6. The highest BCUT2D eigenvalue weighted by molar-refractivity contribution is 5.93. The van der Waals surface area contributed by atoms with Gasteiger partial charge in [-0.05, 0) is 19.1 Å². The van der Waals surface area contributed by atoms with E-state index in [1.165, 1.54) is 12.3 Å². The maximum Gasteiger partial charge on any atom is 0.350 e. The van der Waals surface area contributed by atoms with Crippen molar-refractivity contribution in [3.63, 3.8) is 0 Å². The second-order valence-corrected chi connectivity index (χ2v) is 3.05. The van der Waals surface area contributed by atoms with Crippen molar-refractivity contribution in [3.05, 3.63) is 36.0 Å². The van der Waals surface area contributed by atoms with Crippen LogP contribution in [-0.4, -0.2) is 17.7 Å². The molecular weight excluding hydrogens is 220 g/mol. The summed E-state index contributed by atoms with van der Waals surface area (Å²) in [7, 11) is 0. The molecule has 0 bridgehead atoms. The van der Waals surface area contributed by atoms with Gasteiger partial charge in [-0.3, -0.25) is 0 Å². The number of anilines is 1. The third-order valence-corrected chi connectivity index (χ3v) is 1.89. The summed E-state index contributed by atoms with van der Waals surface area (Å²) >= 11 is 0. The predicted molar refractivity (Wildman–Crippen MR) is 62.1 cm³/mol. The average molecular weight is 232 g/mol. The number of hydrogen-bond acceptors (Lipinski definition) is 5. The molecule has 0 aliphatic carbocycles. The molecule has 0 heterocycles. The van der Waals surface area contributed by atoms with Gasteiger partial charge in [-0.2, -0.15) is 5.26 Å². The van der Waals surface area contributed by atoms with Crippen LogP contribution in [0.5, 0.6) is 5.75 Å². The van der Waals surface area contributed by atoms with Crippen LogP contribution in [0.2, 0.25) is 0 Å². The summed E-state index contributed by atoms with van der Waals surface area (Å²) in [5.41, 5.74) is 0.250. The minimum absolute atomic E-state index is 0.0323. The SMILES string of the molecule is CCOC(=O)C(C#N)=CNc1ccccc1O. The molecule has 0 aromatic heterocycles. The van der Waals surface area contributed by atoms with Gasteiger partial charge in [-0.1, -0.05) is 12.1 Å². The van der Waals surface area contributed by atoms with Crippen LogP contribution in [0, 0.1) is 11.3 Å². The van der Waals surface area contributed by atoms with Crippen LogP contribution in [0.15, 0.2) is 36.0 Å². The van der Waals surface area contributed by atoms with Gasteiger partial charge < -0.3 is 15.2 Å². The Hall–Kier alpha value is -2.48. The normalized spacial score (nSPS) is 10.5. The first-order valence-corrected chi connectivity index (χ1v) is 5.01. The maximum absolute atomic E-state index is 11.3. The summed E-state index contributed by atoms with van der Waals surface area (Å²) < 4.78 is 4.68. The first-order valence-electron chi connectivity index (χ1n) is 5.01. The van der Waals surface area contributed by atoms with Crippen molar-refractivity contribution in [3.8, 4) is 11.8 Å². The molecule has 5 heteroatoms. The van der Waals surface area contributed by atoms with Gasteiger partial charge in [0.15, 0.2) is 5.57 Å². The quantitative estimate of drug-likeness (QED) is 0.358. The summed E-state index contributed by atoms with van der Waals surface area (Å²) in [6, 6.07) is 8.21. The fourth-order valence-corrected chi connectivity index (χ4v) is 1.09. The third kappa shape index (κ3) is 3.54. The zero-order valence-corrected chi connectivity index (χ0v) is 9.30. The van der Waals surface area contributed by atoms with Gasteiger partial charge in [0.1, 0.15) is 11.8 Å². The van der Waals surface area contributed by atoms with Crippen LogP contribution in [0.4, 0.5) is 5.69 Å². The van der Waals surface area contributed by atoms with Crippen LogP contribution in [0.25, 0.3) is 0 Å². The Balaban J connectivity index is 2.79. The monoisotopic (exact) mass is 232 g/mol. The van der Waals surface area contributed by atoms with Crippen LogP contribution >= 0.6 is 0 Å². The lowest BCUT2D eigenvalue weighted by atomic mass is 10.3. The van der Waals surface area contributed by atoms with Gasteiger partial charge in [0.2, 0.25) is 0 Å². The standard InChI is InChI=1S/C12H12N2O3/c1-2-17-12(16)9(7-13)8-14-10-5-3-4-6-11(10)15/h3-6,8,14-15H,2H2,1H3. The Morgan fingerprint density at radius 3 is 2.88 bits per heavy atom. The Labute approximate surface area is 98.9 Å². The molecule has 0 aliphatic rings. The number of ether oxygens (including phenoxy) is 1. The van der Waals surface area contributed by atoms with E-state index in [1.807, 2.05) is 0 Å². The van der Waals surface area contributed by atoms with E-state index in [4.69, 9.17) is 5.26 Å². The van der Waals surface area contributed by atoms with Crippen molar-refractivity contribution >= 4 is 11.7 Å². The van der Waals surface area contributed by atoms with Crippen molar-refractivity contribution < 1.29 is 14.6 Å². The average Bonchev–Trinajstić information content (AvgIpc) is 2.32. The minimum Gasteiger partial charge on any atom is -0.506 e. The van der Waals surface area contributed by atoms with Crippen molar-refractivity contribution in [2.24, 2.45) is 0 Å². The van der Waals surface area contributed by atoms with Crippen LogP contribution in [0.3, 0.4) is 0 Å². The van der Waals surface area contributed by atoms with E-state index in [2.05, 4.69) is 10.1 Å². The van der Waals surface area contributed by atoms with E-state index in [-0.39, 0.29) is 17.9 Å². The Morgan fingerprint density at radius 1 is 1.59 bits per heavy atom. The fourth-order valence-electron chi connectivity index (χ4n) is 1.09. The molecule has 1 rings (SSSR count). The van der Waals surface area contributed by atoms with Crippen molar-refractivity contribution in [2.75, 3.05) is 11.9 Å². The topological polar surface area (TPSA) is 82.4 Å². The number of nitriles is 1. The number of phenols is 1. The number of rotatable bonds is 4. The van der Waals surface area contributed by atoms with Gasteiger partial charge in [0, 0.05) is 6.20 Å². The number of esters is 1. The molecule has 2 N–H and O–H groups in total. The molecule has 0 fully saturated rings. The molecule has 17 heavy (non-hydrogen) atoms. The van der Waals surface area contributed by atoms with E-state index < -0.39 is 5.97 Å². The highest BCUT2D eigenvalue weighted by Crippen LogP contribution is 2.21. The number of carbonyl (C=O) groups excluding carboxylic acids is 1. The minimum atomic E-state index is -0.696.